The van der Waals surface area contributed by atoms with E-state index in [1.54, 1.807) is 54.9 Å². The molecule has 0 spiro atoms. The van der Waals surface area contributed by atoms with Crippen LogP contribution in [0.25, 0.3) is 0 Å². The van der Waals surface area contributed by atoms with Crippen LogP contribution in [0.15, 0.2) is 54.9 Å². The molecule has 13 heteroatoms. The number of amides is 3. The predicted molar refractivity (Wildman–Crippen MR) is 197 cm³/mol. The number of hydrogen-bond donors (Lipinski definition) is 4. The van der Waals surface area contributed by atoms with E-state index < -0.39 is 68.3 Å². The van der Waals surface area contributed by atoms with Gasteiger partial charge in [-0.3, -0.25) is 19.4 Å². The molecule has 1 saturated heterocycles. The highest BCUT2D eigenvalue weighted by molar-refractivity contribution is 7.93. The standard InChI is InChI=1S/C39H56N4O8S/c1-39(2,38(48)43-19-21-51-22-20-43)52(49,50)26-31(29-11-7-4-8-12-29)25-34(44)41-33(24-28-15-17-40-18-16-28)37(47)42-32(23-27-9-5-3-6-10-27)36(46)35(45)30-13-14-30/h4,7-8,11-12,15-18,27,30-33,35-36,45-46H,3,5-6,9-10,13-14,19-26H2,1-2H3,(H,41,44)(H,42,47)/t31?,32-,33?,35-,36+/m0/s1. The maximum Gasteiger partial charge on any atom is 0.243 e. The summed E-state index contributed by atoms with van der Waals surface area (Å²) >= 11 is 0. The maximum absolute atomic E-state index is 14.1. The molecule has 5 rings (SSSR count). The van der Waals surface area contributed by atoms with Crippen LogP contribution < -0.4 is 10.6 Å². The van der Waals surface area contributed by atoms with Gasteiger partial charge in [0, 0.05) is 44.2 Å². The Balaban J connectivity index is 1.34. The van der Waals surface area contributed by atoms with Crippen LogP contribution in [-0.2, 0) is 35.4 Å². The van der Waals surface area contributed by atoms with Gasteiger partial charge >= 0.3 is 0 Å². The molecule has 52 heavy (non-hydrogen) atoms. The van der Waals surface area contributed by atoms with E-state index in [1.165, 1.54) is 18.7 Å². The first-order valence-electron chi connectivity index (χ1n) is 18.8. The van der Waals surface area contributed by atoms with E-state index in [4.69, 9.17) is 4.74 Å². The van der Waals surface area contributed by atoms with Gasteiger partial charge in [0.05, 0.1) is 31.1 Å². The minimum Gasteiger partial charge on any atom is -0.390 e. The van der Waals surface area contributed by atoms with Crippen LogP contribution in [0.3, 0.4) is 0 Å². The van der Waals surface area contributed by atoms with E-state index in [1.807, 2.05) is 0 Å². The third-order valence-corrected chi connectivity index (χ3v) is 13.6. The topological polar surface area (TPSA) is 175 Å². The number of sulfone groups is 1. The smallest absolute Gasteiger partial charge is 0.243 e. The van der Waals surface area contributed by atoms with Crippen molar-refractivity contribution in [2.45, 2.75) is 113 Å². The second-order valence-corrected chi connectivity index (χ2v) is 17.9. The molecule has 1 aromatic heterocycles. The molecule has 4 N–H and O–H groups in total. The highest BCUT2D eigenvalue weighted by Gasteiger charge is 2.46. The van der Waals surface area contributed by atoms with E-state index in [2.05, 4.69) is 15.6 Å². The number of benzene rings is 1. The molecule has 12 nitrogen and oxygen atoms in total. The zero-order valence-corrected chi connectivity index (χ0v) is 31.3. The summed E-state index contributed by atoms with van der Waals surface area (Å²) in [5, 5.41) is 28.1. The first-order valence-corrected chi connectivity index (χ1v) is 20.5. The Labute approximate surface area is 308 Å². The quantitative estimate of drug-likeness (QED) is 0.190. The van der Waals surface area contributed by atoms with E-state index >= 15 is 0 Å². The van der Waals surface area contributed by atoms with Gasteiger partial charge in [-0.1, -0.05) is 62.4 Å². The van der Waals surface area contributed by atoms with Crippen LogP contribution in [0.5, 0.6) is 0 Å². The van der Waals surface area contributed by atoms with Crippen molar-refractivity contribution in [2.24, 2.45) is 11.8 Å². The number of hydrogen-bond acceptors (Lipinski definition) is 9. The van der Waals surface area contributed by atoms with Crippen LogP contribution in [0.4, 0.5) is 0 Å². The number of aliphatic hydroxyl groups excluding tert-OH is 2. The van der Waals surface area contributed by atoms with E-state index in [-0.39, 0.29) is 18.8 Å². The van der Waals surface area contributed by atoms with Crippen molar-refractivity contribution >= 4 is 27.6 Å². The highest BCUT2D eigenvalue weighted by atomic mass is 32.2. The number of carbonyl (C=O) groups excluding carboxylic acids is 3. The van der Waals surface area contributed by atoms with Crippen molar-refractivity contribution < 1.29 is 37.8 Å². The number of pyridine rings is 1. The van der Waals surface area contributed by atoms with Crippen LogP contribution in [0.1, 0.15) is 88.7 Å². The summed E-state index contributed by atoms with van der Waals surface area (Å²) in [6.45, 7) is 4.11. The van der Waals surface area contributed by atoms with Crippen molar-refractivity contribution in [1.82, 2.24) is 20.5 Å². The van der Waals surface area contributed by atoms with Crippen LogP contribution in [-0.4, -0.2) is 107 Å². The average molecular weight is 741 g/mol. The zero-order chi connectivity index (χ0) is 37.3. The Morgan fingerprint density at radius 3 is 2.23 bits per heavy atom. The number of morpholine rings is 1. The molecular weight excluding hydrogens is 685 g/mol. The molecule has 2 unspecified atom stereocenters. The van der Waals surface area contributed by atoms with Crippen molar-refractivity contribution in [3.05, 3.63) is 66.0 Å². The maximum atomic E-state index is 14.1. The van der Waals surface area contributed by atoms with Gasteiger partial charge in [-0.25, -0.2) is 8.42 Å². The normalized spacial score (nSPS) is 20.3. The lowest BCUT2D eigenvalue weighted by atomic mass is 9.82. The second-order valence-electron chi connectivity index (χ2n) is 15.4. The van der Waals surface area contributed by atoms with Gasteiger partial charge in [0.15, 0.2) is 9.84 Å². The Morgan fingerprint density at radius 2 is 1.60 bits per heavy atom. The lowest BCUT2D eigenvalue weighted by Gasteiger charge is -2.34. The summed E-state index contributed by atoms with van der Waals surface area (Å²) in [5.74, 6) is -2.47. The first kappa shape index (κ1) is 39.8. The van der Waals surface area contributed by atoms with E-state index in [0.29, 0.717) is 44.2 Å². The van der Waals surface area contributed by atoms with Crippen molar-refractivity contribution in [3.63, 3.8) is 0 Å². The van der Waals surface area contributed by atoms with Crippen LogP contribution in [0.2, 0.25) is 0 Å². The molecule has 1 aliphatic heterocycles. The zero-order valence-electron chi connectivity index (χ0n) is 30.5. The highest BCUT2D eigenvalue weighted by Crippen LogP contribution is 2.36. The second kappa shape index (κ2) is 18.1. The summed E-state index contributed by atoms with van der Waals surface area (Å²) in [5.41, 5.74) is 1.37. The van der Waals surface area contributed by atoms with Crippen LogP contribution in [0, 0.1) is 11.8 Å². The third-order valence-electron chi connectivity index (χ3n) is 11.1. The summed E-state index contributed by atoms with van der Waals surface area (Å²) in [7, 11) is -4.09. The van der Waals surface area contributed by atoms with Crippen molar-refractivity contribution in [3.8, 4) is 0 Å². The number of nitrogens with zero attached hydrogens (tertiary/aromatic N) is 2. The Hall–Kier alpha value is -3.39. The van der Waals surface area contributed by atoms with Gasteiger partial charge in [-0.15, -0.1) is 0 Å². The van der Waals surface area contributed by atoms with Crippen molar-refractivity contribution in [2.75, 3.05) is 32.1 Å². The monoisotopic (exact) mass is 740 g/mol. The van der Waals surface area contributed by atoms with Gasteiger partial charge in [0.2, 0.25) is 17.7 Å². The molecule has 3 aliphatic rings. The molecule has 2 aliphatic carbocycles. The molecule has 0 bridgehead atoms. The predicted octanol–water partition coefficient (Wildman–Crippen LogP) is 2.92. The van der Waals surface area contributed by atoms with E-state index in [0.717, 1.165) is 50.5 Å². The summed E-state index contributed by atoms with van der Waals surface area (Å²) in [6, 6.07) is 10.6. The molecular formula is C39H56N4O8S. The molecule has 2 aromatic rings. The fourth-order valence-electron chi connectivity index (χ4n) is 7.50. The van der Waals surface area contributed by atoms with E-state index in [9.17, 15) is 33.0 Å². The summed E-state index contributed by atoms with van der Waals surface area (Å²) in [4.78, 5) is 47.1. The molecule has 2 saturated carbocycles. The molecule has 0 radical (unpaired) electrons. The Bertz CT molecular complexity index is 1580. The first-order chi connectivity index (χ1) is 24.9. The van der Waals surface area contributed by atoms with Gasteiger partial charge < -0.3 is 30.5 Å². The number of carbonyl (C=O) groups is 3. The minimum absolute atomic E-state index is 0.00779. The van der Waals surface area contributed by atoms with Gasteiger partial charge in [0.1, 0.15) is 16.9 Å². The fraction of sp³-hybridized carbons (Fsp3) is 0.641. The van der Waals surface area contributed by atoms with Crippen molar-refractivity contribution in [1.29, 1.82) is 0 Å². The SMILES string of the molecule is CC(C)(C(=O)N1CCOCC1)S(=O)(=O)CC(CC(=O)NC(Cc1ccncc1)C(=O)N[C@@H](CC1CCCCC1)[C@@H](O)[C@@H](O)C1CC1)c1ccccc1. The summed E-state index contributed by atoms with van der Waals surface area (Å²) < 4.78 is 31.6. The lowest BCUT2D eigenvalue weighted by Crippen LogP contribution is -2.56. The third kappa shape index (κ3) is 10.6. The molecule has 3 fully saturated rings. The summed E-state index contributed by atoms with van der Waals surface area (Å²) in [6.07, 6.45) is 8.51. The van der Waals surface area contributed by atoms with Crippen LogP contribution >= 0.6 is 0 Å². The number of ether oxygens (including phenoxy) is 1. The molecule has 2 heterocycles. The molecule has 1 aromatic carbocycles. The number of aliphatic hydroxyl groups is 2. The minimum atomic E-state index is -4.09. The fourth-order valence-corrected chi connectivity index (χ4v) is 9.15. The Kier molecular flexibility index (Phi) is 13.9. The van der Waals surface area contributed by atoms with Gasteiger partial charge in [-0.05, 0) is 68.2 Å². The molecule has 286 valence electrons. The number of aromatic nitrogens is 1. The van der Waals surface area contributed by atoms with Gasteiger partial charge in [-0.2, -0.15) is 0 Å². The number of nitrogens with one attached hydrogen (secondary N) is 2. The Morgan fingerprint density at radius 1 is 0.942 bits per heavy atom. The molecule has 3 amide bonds. The van der Waals surface area contributed by atoms with Gasteiger partial charge in [0.25, 0.3) is 0 Å². The molecule has 5 atom stereocenters. The average Bonchev–Trinajstić information content (AvgIpc) is 4.00. The number of rotatable bonds is 17. The largest absolute Gasteiger partial charge is 0.390 e. The lowest BCUT2D eigenvalue weighted by molar-refractivity contribution is -0.137.